The highest BCUT2D eigenvalue weighted by Crippen LogP contribution is 2.33. The average Bonchev–Trinajstić information content (AvgIpc) is 3.06. The Balaban J connectivity index is 1.72. The van der Waals surface area contributed by atoms with E-state index in [1.54, 1.807) is 68.7 Å². The first-order chi connectivity index (χ1) is 16.6. The molecule has 9 nitrogen and oxygen atoms in total. The van der Waals surface area contributed by atoms with E-state index in [2.05, 4.69) is 5.32 Å². The minimum Gasteiger partial charge on any atom is -0.495 e. The molecule has 1 amide bonds. The number of imidazole rings is 1. The van der Waals surface area contributed by atoms with Crippen LogP contribution in [0.25, 0.3) is 11.0 Å². The van der Waals surface area contributed by atoms with E-state index in [-0.39, 0.29) is 16.3 Å². The van der Waals surface area contributed by atoms with Gasteiger partial charge >= 0.3 is 5.69 Å². The van der Waals surface area contributed by atoms with Crippen molar-refractivity contribution in [2.45, 2.75) is 11.8 Å². The number of fused-ring (bicyclic) bond motifs is 1. The van der Waals surface area contributed by atoms with E-state index in [1.807, 2.05) is 6.92 Å². The topological polar surface area (TPSA) is 103 Å². The Hall–Kier alpha value is -4.05. The van der Waals surface area contributed by atoms with Gasteiger partial charge in [-0.25, -0.2) is 13.2 Å². The van der Waals surface area contributed by atoms with Gasteiger partial charge in [0.05, 0.1) is 28.7 Å². The zero-order valence-electron chi connectivity index (χ0n) is 19.8. The lowest BCUT2D eigenvalue weighted by Gasteiger charge is -2.26. The molecule has 1 aromatic heterocycles. The first-order valence-corrected chi connectivity index (χ1v) is 12.2. The minimum absolute atomic E-state index is 0.0528. The number of amides is 1. The molecule has 0 aliphatic rings. The largest absolute Gasteiger partial charge is 0.495 e. The first-order valence-electron chi connectivity index (χ1n) is 10.8. The van der Waals surface area contributed by atoms with Crippen LogP contribution in [-0.4, -0.2) is 37.1 Å². The zero-order chi connectivity index (χ0) is 25.3. The predicted molar refractivity (Wildman–Crippen MR) is 135 cm³/mol. The summed E-state index contributed by atoms with van der Waals surface area (Å²) in [6, 6.07) is 18.1. The predicted octanol–water partition coefficient (Wildman–Crippen LogP) is 3.03. The highest BCUT2D eigenvalue weighted by Gasteiger charge is 2.29. The summed E-state index contributed by atoms with van der Waals surface area (Å²) in [5.41, 5.74) is 2.68. The molecule has 3 aromatic carbocycles. The number of hydrogen-bond donors (Lipinski definition) is 1. The fourth-order valence-corrected chi connectivity index (χ4v) is 5.37. The molecule has 0 radical (unpaired) electrons. The molecule has 0 aliphatic carbocycles. The summed E-state index contributed by atoms with van der Waals surface area (Å²) in [5.74, 6) is -0.225. The van der Waals surface area contributed by atoms with Gasteiger partial charge in [0, 0.05) is 19.8 Å². The number of nitrogens with zero attached hydrogens (tertiary/aromatic N) is 3. The number of aromatic nitrogens is 2. The molecule has 182 valence electrons. The lowest BCUT2D eigenvalue weighted by molar-refractivity contribution is -0.114. The van der Waals surface area contributed by atoms with Gasteiger partial charge in [0.25, 0.3) is 10.0 Å². The monoisotopic (exact) mass is 494 g/mol. The van der Waals surface area contributed by atoms with Crippen LogP contribution in [0.1, 0.15) is 5.56 Å². The zero-order valence-corrected chi connectivity index (χ0v) is 20.7. The number of hydrogen-bond acceptors (Lipinski definition) is 5. The van der Waals surface area contributed by atoms with Crippen LogP contribution in [0.4, 0.5) is 11.4 Å². The van der Waals surface area contributed by atoms with Crippen molar-refractivity contribution >= 4 is 38.3 Å². The molecule has 0 fully saturated rings. The maximum atomic E-state index is 13.6. The third kappa shape index (κ3) is 4.52. The number of anilines is 2. The van der Waals surface area contributed by atoms with Crippen molar-refractivity contribution in [1.29, 1.82) is 0 Å². The Morgan fingerprint density at radius 3 is 2.34 bits per heavy atom. The lowest BCUT2D eigenvalue weighted by Crippen LogP contribution is -2.38. The summed E-state index contributed by atoms with van der Waals surface area (Å²) in [6.07, 6.45) is 0. The number of ether oxygens (including phenoxy) is 1. The number of aryl methyl sites for hydroxylation is 3. The third-order valence-corrected chi connectivity index (χ3v) is 7.55. The van der Waals surface area contributed by atoms with Crippen molar-refractivity contribution in [1.82, 2.24) is 9.13 Å². The standard InChI is InChI=1S/C25H26N4O5S/c1-17-10-13-23(34-4)22(14-17)29(35(32,33)19-8-6-5-7-9-19)16-24(30)26-18-11-12-20-21(15-18)28(3)25(31)27(20)2/h5-15H,16H2,1-4H3,(H,26,30). The number of nitrogens with one attached hydrogen (secondary N) is 1. The van der Waals surface area contributed by atoms with Crippen molar-refractivity contribution < 1.29 is 17.9 Å². The van der Waals surface area contributed by atoms with Gasteiger partial charge in [0.2, 0.25) is 5.91 Å². The molecule has 1 heterocycles. The molecule has 1 N–H and O–H groups in total. The summed E-state index contributed by atoms with van der Waals surface area (Å²) in [5, 5.41) is 2.76. The van der Waals surface area contributed by atoms with Gasteiger partial charge in [-0.05, 0) is 55.0 Å². The van der Waals surface area contributed by atoms with Crippen molar-refractivity contribution in [2.24, 2.45) is 14.1 Å². The molecule has 0 saturated heterocycles. The van der Waals surface area contributed by atoms with Gasteiger partial charge in [-0.2, -0.15) is 0 Å². The molecular formula is C25H26N4O5S. The van der Waals surface area contributed by atoms with Crippen LogP contribution >= 0.6 is 0 Å². The van der Waals surface area contributed by atoms with Gasteiger partial charge in [-0.3, -0.25) is 18.2 Å². The van der Waals surface area contributed by atoms with Gasteiger partial charge in [-0.1, -0.05) is 24.3 Å². The van der Waals surface area contributed by atoms with E-state index in [4.69, 9.17) is 4.74 Å². The molecule has 35 heavy (non-hydrogen) atoms. The number of rotatable bonds is 7. The van der Waals surface area contributed by atoms with E-state index >= 15 is 0 Å². The van der Waals surface area contributed by atoms with Crippen LogP contribution in [0, 0.1) is 6.92 Å². The molecular weight excluding hydrogens is 468 g/mol. The van der Waals surface area contributed by atoms with Crippen LogP contribution in [0.3, 0.4) is 0 Å². The average molecular weight is 495 g/mol. The van der Waals surface area contributed by atoms with Crippen molar-refractivity contribution in [3.63, 3.8) is 0 Å². The molecule has 10 heteroatoms. The van der Waals surface area contributed by atoms with Gasteiger partial charge in [-0.15, -0.1) is 0 Å². The Morgan fingerprint density at radius 1 is 0.971 bits per heavy atom. The van der Waals surface area contributed by atoms with E-state index in [9.17, 15) is 18.0 Å². The Kier molecular flexibility index (Phi) is 6.40. The van der Waals surface area contributed by atoms with Crippen LogP contribution in [0.2, 0.25) is 0 Å². The second-order valence-electron chi connectivity index (χ2n) is 8.15. The molecule has 0 bridgehead atoms. The summed E-state index contributed by atoms with van der Waals surface area (Å²) in [4.78, 5) is 25.4. The Morgan fingerprint density at radius 2 is 1.66 bits per heavy atom. The number of benzene rings is 3. The molecule has 4 aromatic rings. The van der Waals surface area contributed by atoms with Crippen molar-refractivity contribution in [3.05, 3.63) is 82.8 Å². The summed E-state index contributed by atoms with van der Waals surface area (Å²) in [7, 11) is 0.673. The Bertz CT molecular complexity index is 1570. The van der Waals surface area contributed by atoms with Crippen LogP contribution in [-0.2, 0) is 28.9 Å². The molecule has 0 unspecified atom stereocenters. The lowest BCUT2D eigenvalue weighted by atomic mass is 10.2. The van der Waals surface area contributed by atoms with E-state index in [0.29, 0.717) is 22.5 Å². The number of carbonyl (C=O) groups excluding carboxylic acids is 1. The van der Waals surface area contributed by atoms with E-state index in [0.717, 1.165) is 9.87 Å². The van der Waals surface area contributed by atoms with Crippen LogP contribution in [0.5, 0.6) is 5.75 Å². The number of sulfonamides is 1. The smallest absolute Gasteiger partial charge is 0.328 e. The van der Waals surface area contributed by atoms with Crippen LogP contribution < -0.4 is 20.0 Å². The molecule has 0 aliphatic heterocycles. The maximum absolute atomic E-state index is 13.6. The highest BCUT2D eigenvalue weighted by molar-refractivity contribution is 7.92. The highest BCUT2D eigenvalue weighted by atomic mass is 32.2. The normalized spacial score (nSPS) is 11.4. The number of carbonyl (C=O) groups is 1. The summed E-state index contributed by atoms with van der Waals surface area (Å²) in [6.45, 7) is 1.35. The first kappa shape index (κ1) is 24.1. The van der Waals surface area contributed by atoms with Gasteiger partial charge in [0.15, 0.2) is 0 Å². The summed E-state index contributed by atoms with van der Waals surface area (Å²) >= 11 is 0. The fraction of sp³-hybridized carbons (Fsp3) is 0.200. The van der Waals surface area contributed by atoms with E-state index < -0.39 is 22.5 Å². The maximum Gasteiger partial charge on any atom is 0.328 e. The summed E-state index contributed by atoms with van der Waals surface area (Å²) < 4.78 is 36.7. The fourth-order valence-electron chi connectivity index (χ4n) is 3.93. The third-order valence-electron chi connectivity index (χ3n) is 5.78. The van der Waals surface area contributed by atoms with E-state index in [1.165, 1.54) is 28.4 Å². The van der Waals surface area contributed by atoms with Gasteiger partial charge < -0.3 is 10.1 Å². The molecule has 0 saturated carbocycles. The SMILES string of the molecule is COc1ccc(C)cc1N(CC(=O)Nc1ccc2c(c1)n(C)c(=O)n2C)S(=O)(=O)c1ccccc1. The minimum atomic E-state index is -4.09. The molecule has 4 rings (SSSR count). The van der Waals surface area contributed by atoms with Gasteiger partial charge in [0.1, 0.15) is 12.3 Å². The molecule has 0 atom stereocenters. The quantitative estimate of drug-likeness (QED) is 0.426. The van der Waals surface area contributed by atoms with Crippen molar-refractivity contribution in [2.75, 3.05) is 23.3 Å². The van der Waals surface area contributed by atoms with Crippen LogP contribution in [0.15, 0.2) is 76.4 Å². The number of methoxy groups -OCH3 is 1. The Labute approximate surface area is 203 Å². The second kappa shape index (κ2) is 9.30. The van der Waals surface area contributed by atoms with Crippen molar-refractivity contribution in [3.8, 4) is 5.75 Å². The second-order valence-corrected chi connectivity index (χ2v) is 10.0. The molecule has 0 spiro atoms.